The molecule has 0 saturated carbocycles. The molecule has 0 aliphatic heterocycles. The van der Waals surface area contributed by atoms with Crippen LogP contribution in [0.15, 0.2) is 41.0 Å². The van der Waals surface area contributed by atoms with Crippen LogP contribution in [0.2, 0.25) is 0 Å². The molecule has 0 amide bonds. The summed E-state index contributed by atoms with van der Waals surface area (Å²) < 4.78 is 14.0. The molecule has 0 fully saturated rings. The van der Waals surface area contributed by atoms with Gasteiger partial charge in [0.15, 0.2) is 0 Å². The topological polar surface area (TPSA) is 24.9 Å². The Hall–Kier alpha value is -1.42. The lowest BCUT2D eigenvalue weighted by molar-refractivity contribution is 0.625. The zero-order chi connectivity index (χ0) is 12.3. The molecule has 1 N–H and O–H groups in total. The average molecular weight is 295 g/mol. The van der Waals surface area contributed by atoms with Gasteiger partial charge in [-0.2, -0.15) is 0 Å². The molecule has 1 aromatic carbocycles. The summed E-state index contributed by atoms with van der Waals surface area (Å²) in [4.78, 5) is 4.12. The smallest absolute Gasteiger partial charge is 0.123 e. The van der Waals surface area contributed by atoms with Crippen molar-refractivity contribution < 1.29 is 4.39 Å². The molecular weight excluding hydrogens is 283 g/mol. The molecule has 2 aromatic rings. The monoisotopic (exact) mass is 294 g/mol. The molecular formula is C13H12BrFN2. The Morgan fingerprint density at radius 1 is 1.29 bits per heavy atom. The second-order valence-corrected chi connectivity index (χ2v) is 4.63. The fourth-order valence-electron chi connectivity index (χ4n) is 1.53. The number of benzene rings is 1. The molecule has 0 unspecified atom stereocenters. The van der Waals surface area contributed by atoms with E-state index in [4.69, 9.17) is 0 Å². The van der Waals surface area contributed by atoms with Crippen molar-refractivity contribution in [2.75, 3.05) is 5.32 Å². The number of aryl methyl sites for hydroxylation is 1. The van der Waals surface area contributed by atoms with Crippen molar-refractivity contribution in [1.29, 1.82) is 0 Å². The van der Waals surface area contributed by atoms with E-state index < -0.39 is 0 Å². The van der Waals surface area contributed by atoms with Crippen LogP contribution in [0.1, 0.15) is 11.3 Å². The van der Waals surface area contributed by atoms with E-state index >= 15 is 0 Å². The maximum Gasteiger partial charge on any atom is 0.123 e. The molecule has 0 bridgehead atoms. The SMILES string of the molecule is Cc1cc(NCc2cc(F)ccc2Br)ccn1. The van der Waals surface area contributed by atoms with Crippen molar-refractivity contribution in [3.05, 3.63) is 58.1 Å². The second-order valence-electron chi connectivity index (χ2n) is 3.78. The van der Waals surface area contributed by atoms with E-state index in [9.17, 15) is 4.39 Å². The van der Waals surface area contributed by atoms with Crippen molar-refractivity contribution in [2.45, 2.75) is 13.5 Å². The maximum atomic E-state index is 13.1. The number of nitrogens with one attached hydrogen (secondary N) is 1. The number of pyridine rings is 1. The van der Waals surface area contributed by atoms with Gasteiger partial charge in [0.05, 0.1) is 0 Å². The van der Waals surface area contributed by atoms with Gasteiger partial charge >= 0.3 is 0 Å². The van der Waals surface area contributed by atoms with E-state index in [1.165, 1.54) is 12.1 Å². The van der Waals surface area contributed by atoms with E-state index in [2.05, 4.69) is 26.2 Å². The number of hydrogen-bond acceptors (Lipinski definition) is 2. The molecule has 2 rings (SSSR count). The number of rotatable bonds is 3. The van der Waals surface area contributed by atoms with Gasteiger partial charge in [0.25, 0.3) is 0 Å². The summed E-state index contributed by atoms with van der Waals surface area (Å²) in [6.45, 7) is 2.51. The van der Waals surface area contributed by atoms with Gasteiger partial charge in [0.2, 0.25) is 0 Å². The number of aromatic nitrogens is 1. The summed E-state index contributed by atoms with van der Waals surface area (Å²) in [5.41, 5.74) is 2.82. The van der Waals surface area contributed by atoms with Crippen molar-refractivity contribution >= 4 is 21.6 Å². The van der Waals surface area contributed by atoms with Crippen molar-refractivity contribution in [3.8, 4) is 0 Å². The molecule has 2 nitrogen and oxygen atoms in total. The highest BCUT2D eigenvalue weighted by atomic mass is 79.9. The standard InChI is InChI=1S/C13H12BrFN2/c1-9-6-12(4-5-16-9)17-8-10-7-11(15)2-3-13(10)14/h2-7H,8H2,1H3,(H,16,17). The number of hydrogen-bond donors (Lipinski definition) is 1. The van der Waals surface area contributed by atoms with Crippen LogP contribution >= 0.6 is 15.9 Å². The van der Waals surface area contributed by atoms with Crippen LogP contribution in [0, 0.1) is 12.7 Å². The van der Waals surface area contributed by atoms with Gasteiger partial charge in [-0.05, 0) is 42.8 Å². The first-order chi connectivity index (χ1) is 8.15. The van der Waals surface area contributed by atoms with E-state index in [1.807, 2.05) is 19.1 Å². The lowest BCUT2D eigenvalue weighted by atomic mass is 10.2. The van der Waals surface area contributed by atoms with Crippen LogP contribution in [-0.2, 0) is 6.54 Å². The van der Waals surface area contributed by atoms with Crippen LogP contribution in [0.3, 0.4) is 0 Å². The quantitative estimate of drug-likeness (QED) is 0.928. The van der Waals surface area contributed by atoms with Crippen molar-refractivity contribution in [1.82, 2.24) is 4.98 Å². The summed E-state index contributed by atoms with van der Waals surface area (Å²) in [5, 5.41) is 3.23. The van der Waals surface area contributed by atoms with Crippen molar-refractivity contribution in [3.63, 3.8) is 0 Å². The molecule has 0 saturated heterocycles. The molecule has 4 heteroatoms. The lowest BCUT2D eigenvalue weighted by Gasteiger charge is -2.08. The molecule has 1 heterocycles. The minimum Gasteiger partial charge on any atom is -0.381 e. The van der Waals surface area contributed by atoms with Gasteiger partial charge in [-0.1, -0.05) is 15.9 Å². The van der Waals surface area contributed by atoms with Crippen molar-refractivity contribution in [2.24, 2.45) is 0 Å². The van der Waals surface area contributed by atoms with Gasteiger partial charge in [-0.25, -0.2) is 4.39 Å². The average Bonchev–Trinajstić information content (AvgIpc) is 2.30. The normalized spacial score (nSPS) is 10.3. The van der Waals surface area contributed by atoms with Gasteiger partial charge in [0.1, 0.15) is 5.82 Å². The van der Waals surface area contributed by atoms with E-state index in [1.54, 1.807) is 12.3 Å². The summed E-state index contributed by atoms with van der Waals surface area (Å²) in [6, 6.07) is 8.51. The van der Waals surface area contributed by atoms with E-state index in [0.717, 1.165) is 21.4 Å². The molecule has 0 atom stereocenters. The van der Waals surface area contributed by atoms with Crippen LogP contribution in [0.5, 0.6) is 0 Å². The fourth-order valence-corrected chi connectivity index (χ4v) is 1.92. The minimum atomic E-state index is -0.226. The Bertz CT molecular complexity index is 529. The molecule has 17 heavy (non-hydrogen) atoms. The number of anilines is 1. The van der Waals surface area contributed by atoms with Gasteiger partial charge in [-0.15, -0.1) is 0 Å². The summed E-state index contributed by atoms with van der Waals surface area (Å²) in [7, 11) is 0. The van der Waals surface area contributed by atoms with Crippen LogP contribution in [0.4, 0.5) is 10.1 Å². The predicted molar refractivity (Wildman–Crippen MR) is 70.4 cm³/mol. The zero-order valence-electron chi connectivity index (χ0n) is 9.37. The molecule has 0 radical (unpaired) electrons. The molecule has 0 aliphatic rings. The Balaban J connectivity index is 2.09. The van der Waals surface area contributed by atoms with Gasteiger partial charge in [0, 0.05) is 28.6 Å². The molecule has 0 aliphatic carbocycles. The van der Waals surface area contributed by atoms with Crippen LogP contribution < -0.4 is 5.32 Å². The van der Waals surface area contributed by atoms with Crippen LogP contribution in [-0.4, -0.2) is 4.98 Å². The van der Waals surface area contributed by atoms with Crippen LogP contribution in [0.25, 0.3) is 0 Å². The Morgan fingerprint density at radius 2 is 2.12 bits per heavy atom. The third kappa shape index (κ3) is 3.27. The highest BCUT2D eigenvalue weighted by Crippen LogP contribution is 2.19. The first-order valence-corrected chi connectivity index (χ1v) is 6.05. The molecule has 1 aromatic heterocycles. The Kier molecular flexibility index (Phi) is 3.74. The first-order valence-electron chi connectivity index (χ1n) is 5.25. The summed E-state index contributed by atoms with van der Waals surface area (Å²) in [5.74, 6) is -0.226. The van der Waals surface area contributed by atoms with E-state index in [0.29, 0.717) is 6.54 Å². The fraction of sp³-hybridized carbons (Fsp3) is 0.154. The second kappa shape index (κ2) is 5.27. The molecule has 0 spiro atoms. The molecule has 88 valence electrons. The Morgan fingerprint density at radius 3 is 2.88 bits per heavy atom. The summed E-state index contributed by atoms with van der Waals surface area (Å²) in [6.07, 6.45) is 1.75. The summed E-state index contributed by atoms with van der Waals surface area (Å²) >= 11 is 3.40. The zero-order valence-corrected chi connectivity index (χ0v) is 11.0. The Labute approximate surface area is 108 Å². The number of halogens is 2. The van der Waals surface area contributed by atoms with Gasteiger partial charge < -0.3 is 5.32 Å². The minimum absolute atomic E-state index is 0.226. The van der Waals surface area contributed by atoms with E-state index in [-0.39, 0.29) is 5.82 Å². The largest absolute Gasteiger partial charge is 0.381 e. The number of nitrogens with zero attached hydrogens (tertiary/aromatic N) is 1. The predicted octanol–water partition coefficient (Wildman–Crippen LogP) is 3.90. The third-order valence-electron chi connectivity index (χ3n) is 2.39. The highest BCUT2D eigenvalue weighted by molar-refractivity contribution is 9.10. The first kappa shape index (κ1) is 12.0. The van der Waals surface area contributed by atoms with Gasteiger partial charge in [-0.3, -0.25) is 4.98 Å². The highest BCUT2D eigenvalue weighted by Gasteiger charge is 2.01. The lowest BCUT2D eigenvalue weighted by Crippen LogP contribution is -2.01. The third-order valence-corrected chi connectivity index (χ3v) is 3.16. The maximum absolute atomic E-state index is 13.1.